The van der Waals surface area contributed by atoms with Crippen molar-refractivity contribution < 1.29 is 23.8 Å². The van der Waals surface area contributed by atoms with E-state index in [0.29, 0.717) is 47.7 Å². The SMILES string of the molecule is CCNC(=O)/C=C/c1c(-c2ccccc2)oc2ncnc(O[C@H](C)CCCCC(=O)O)c12. The third-order valence-electron chi connectivity index (χ3n) is 4.84. The van der Waals surface area contributed by atoms with Crippen molar-refractivity contribution in [2.45, 2.75) is 45.6 Å². The van der Waals surface area contributed by atoms with Crippen LogP contribution in [0.2, 0.25) is 0 Å². The van der Waals surface area contributed by atoms with E-state index in [1.54, 1.807) is 6.08 Å². The lowest BCUT2D eigenvalue weighted by Gasteiger charge is -2.14. The second-order valence-electron chi connectivity index (χ2n) is 7.37. The molecule has 0 aliphatic heterocycles. The minimum Gasteiger partial charge on any atom is -0.481 e. The van der Waals surface area contributed by atoms with Crippen molar-refractivity contribution in [2.24, 2.45) is 0 Å². The number of fused-ring (bicyclic) bond motifs is 1. The first-order chi connectivity index (χ1) is 15.5. The van der Waals surface area contributed by atoms with Crippen LogP contribution in [0.5, 0.6) is 5.88 Å². The van der Waals surface area contributed by atoms with E-state index in [9.17, 15) is 9.59 Å². The molecule has 2 heterocycles. The Morgan fingerprint density at radius 1 is 1.22 bits per heavy atom. The van der Waals surface area contributed by atoms with Crippen LogP contribution in [-0.2, 0) is 9.59 Å². The van der Waals surface area contributed by atoms with Crippen LogP contribution >= 0.6 is 0 Å². The number of hydrogen-bond acceptors (Lipinski definition) is 6. The minimum absolute atomic E-state index is 0.140. The number of hydrogen-bond donors (Lipinski definition) is 2. The lowest BCUT2D eigenvalue weighted by Crippen LogP contribution is -2.19. The molecule has 0 bridgehead atoms. The van der Waals surface area contributed by atoms with E-state index >= 15 is 0 Å². The van der Waals surface area contributed by atoms with Crippen molar-refractivity contribution in [1.29, 1.82) is 0 Å². The van der Waals surface area contributed by atoms with Gasteiger partial charge in [0.05, 0.1) is 6.10 Å². The summed E-state index contributed by atoms with van der Waals surface area (Å²) in [6.45, 7) is 4.29. The Kier molecular flexibility index (Phi) is 7.96. The summed E-state index contributed by atoms with van der Waals surface area (Å²) >= 11 is 0. The quantitative estimate of drug-likeness (QED) is 0.336. The lowest BCUT2D eigenvalue weighted by atomic mass is 10.1. The molecule has 0 spiro atoms. The maximum Gasteiger partial charge on any atom is 0.303 e. The number of benzene rings is 1. The molecule has 0 aliphatic carbocycles. The van der Waals surface area contributed by atoms with Gasteiger partial charge in [-0.1, -0.05) is 30.3 Å². The predicted octanol–water partition coefficient (Wildman–Crippen LogP) is 4.45. The second kappa shape index (κ2) is 11.1. The molecule has 1 amide bonds. The van der Waals surface area contributed by atoms with Gasteiger partial charge in [0.15, 0.2) is 0 Å². The molecule has 2 N–H and O–H groups in total. The summed E-state index contributed by atoms with van der Waals surface area (Å²) < 4.78 is 12.1. The normalized spacial score (nSPS) is 12.2. The van der Waals surface area contributed by atoms with Crippen molar-refractivity contribution >= 4 is 29.1 Å². The molecule has 32 heavy (non-hydrogen) atoms. The standard InChI is InChI=1S/C24H27N3O5/c1-3-25-19(28)14-13-18-21-23(31-16(2)9-7-8-12-20(29)30)26-15-27-24(21)32-22(18)17-10-5-4-6-11-17/h4-6,10-11,13-16H,3,7-9,12H2,1-2H3,(H,25,28)(H,29,30)/b14-13+/t16-/m1/s1. The van der Waals surface area contributed by atoms with Crippen molar-refractivity contribution in [1.82, 2.24) is 15.3 Å². The first-order valence-corrected chi connectivity index (χ1v) is 10.7. The van der Waals surface area contributed by atoms with Crippen molar-refractivity contribution in [2.75, 3.05) is 6.54 Å². The van der Waals surface area contributed by atoms with E-state index in [1.165, 1.54) is 12.4 Å². The van der Waals surface area contributed by atoms with Gasteiger partial charge in [0.2, 0.25) is 17.5 Å². The van der Waals surface area contributed by atoms with Crippen molar-refractivity contribution in [3.05, 3.63) is 48.3 Å². The van der Waals surface area contributed by atoms with Gasteiger partial charge in [-0.2, -0.15) is 0 Å². The summed E-state index contributed by atoms with van der Waals surface area (Å²) in [5, 5.41) is 12.1. The fourth-order valence-corrected chi connectivity index (χ4v) is 3.33. The van der Waals surface area contributed by atoms with E-state index < -0.39 is 5.97 Å². The zero-order chi connectivity index (χ0) is 22.9. The van der Waals surface area contributed by atoms with Crippen molar-refractivity contribution in [3.8, 4) is 17.2 Å². The van der Waals surface area contributed by atoms with Gasteiger partial charge in [-0.05, 0) is 39.2 Å². The first kappa shape index (κ1) is 23.0. The molecule has 2 aromatic heterocycles. The average Bonchev–Trinajstić information content (AvgIpc) is 3.16. The molecule has 8 heteroatoms. The molecule has 3 rings (SSSR count). The predicted molar refractivity (Wildman–Crippen MR) is 121 cm³/mol. The summed E-state index contributed by atoms with van der Waals surface area (Å²) in [4.78, 5) is 31.3. The van der Waals surface area contributed by atoms with Gasteiger partial charge in [0, 0.05) is 30.2 Å². The number of unbranched alkanes of at least 4 members (excludes halogenated alkanes) is 1. The van der Waals surface area contributed by atoms with Crippen LogP contribution < -0.4 is 10.1 Å². The number of carbonyl (C=O) groups excluding carboxylic acids is 1. The zero-order valence-electron chi connectivity index (χ0n) is 18.2. The molecule has 0 fully saturated rings. The highest BCUT2D eigenvalue weighted by molar-refractivity contribution is 6.00. The van der Waals surface area contributed by atoms with Crippen LogP contribution in [0.3, 0.4) is 0 Å². The Hall–Kier alpha value is -3.68. The highest BCUT2D eigenvalue weighted by Gasteiger charge is 2.21. The summed E-state index contributed by atoms with van der Waals surface area (Å²) in [6, 6.07) is 9.56. The van der Waals surface area contributed by atoms with Crippen LogP contribution in [0.15, 0.2) is 47.2 Å². The van der Waals surface area contributed by atoms with Crippen LogP contribution in [0.4, 0.5) is 0 Å². The van der Waals surface area contributed by atoms with E-state index in [-0.39, 0.29) is 18.4 Å². The molecule has 0 unspecified atom stereocenters. The number of ether oxygens (including phenoxy) is 1. The fourth-order valence-electron chi connectivity index (χ4n) is 3.33. The highest BCUT2D eigenvalue weighted by Crippen LogP contribution is 2.37. The number of nitrogens with one attached hydrogen (secondary N) is 1. The van der Waals surface area contributed by atoms with Gasteiger partial charge in [0.1, 0.15) is 17.5 Å². The van der Waals surface area contributed by atoms with E-state index in [4.69, 9.17) is 14.3 Å². The molecule has 0 saturated carbocycles. The number of aliphatic carboxylic acids is 1. The maximum absolute atomic E-state index is 12.0. The maximum atomic E-state index is 12.0. The summed E-state index contributed by atoms with van der Waals surface area (Å²) in [7, 11) is 0. The average molecular weight is 437 g/mol. The largest absolute Gasteiger partial charge is 0.481 e. The molecule has 8 nitrogen and oxygen atoms in total. The van der Waals surface area contributed by atoms with Crippen LogP contribution in [0.25, 0.3) is 28.5 Å². The summed E-state index contributed by atoms with van der Waals surface area (Å²) in [5.74, 6) is -0.0822. The Balaban J connectivity index is 1.95. The Labute approximate surface area is 186 Å². The molecule has 1 atom stereocenters. The first-order valence-electron chi connectivity index (χ1n) is 10.7. The minimum atomic E-state index is -0.800. The van der Waals surface area contributed by atoms with Crippen LogP contribution in [-0.4, -0.2) is 39.6 Å². The number of carboxylic acids is 1. The van der Waals surface area contributed by atoms with Gasteiger partial charge >= 0.3 is 5.97 Å². The van der Waals surface area contributed by atoms with Gasteiger partial charge in [-0.15, -0.1) is 0 Å². The number of amides is 1. The molecule has 0 saturated heterocycles. The third-order valence-corrected chi connectivity index (χ3v) is 4.84. The topological polar surface area (TPSA) is 115 Å². The number of furan rings is 1. The number of rotatable bonds is 11. The third kappa shape index (κ3) is 5.94. The zero-order valence-corrected chi connectivity index (χ0v) is 18.2. The van der Waals surface area contributed by atoms with Crippen LogP contribution in [0, 0.1) is 0 Å². The molecule has 0 aliphatic rings. The van der Waals surface area contributed by atoms with E-state index in [0.717, 1.165) is 12.0 Å². The van der Waals surface area contributed by atoms with Crippen LogP contribution in [0.1, 0.15) is 45.1 Å². The molecular weight excluding hydrogens is 410 g/mol. The summed E-state index contributed by atoms with van der Waals surface area (Å²) in [6.07, 6.45) is 6.48. The molecule has 168 valence electrons. The lowest BCUT2D eigenvalue weighted by molar-refractivity contribution is -0.137. The van der Waals surface area contributed by atoms with E-state index in [2.05, 4.69) is 15.3 Å². The van der Waals surface area contributed by atoms with Gasteiger partial charge in [0.25, 0.3) is 0 Å². The summed E-state index contributed by atoms with van der Waals surface area (Å²) in [5.41, 5.74) is 1.86. The molecular formula is C24H27N3O5. The van der Waals surface area contributed by atoms with Gasteiger partial charge in [-0.25, -0.2) is 9.97 Å². The number of nitrogens with zero attached hydrogens (tertiary/aromatic N) is 2. The Morgan fingerprint density at radius 3 is 2.72 bits per heavy atom. The molecule has 3 aromatic rings. The Bertz CT molecular complexity index is 1090. The number of aromatic nitrogens is 2. The monoisotopic (exact) mass is 437 g/mol. The molecule has 1 aromatic carbocycles. The fraction of sp³-hybridized carbons (Fsp3) is 0.333. The smallest absolute Gasteiger partial charge is 0.303 e. The van der Waals surface area contributed by atoms with E-state index in [1.807, 2.05) is 44.2 Å². The van der Waals surface area contributed by atoms with Crippen molar-refractivity contribution in [3.63, 3.8) is 0 Å². The molecule has 0 radical (unpaired) electrons. The highest BCUT2D eigenvalue weighted by atomic mass is 16.5. The number of likely N-dealkylation sites (N-methyl/N-ethyl adjacent to an activating group) is 1. The van der Waals surface area contributed by atoms with Gasteiger partial charge in [-0.3, -0.25) is 9.59 Å². The number of carbonyl (C=O) groups is 2. The van der Waals surface area contributed by atoms with Gasteiger partial charge < -0.3 is 19.6 Å². The number of carboxylic acid groups (broad SMARTS) is 1. The Morgan fingerprint density at radius 2 is 2.00 bits per heavy atom. The second-order valence-corrected chi connectivity index (χ2v) is 7.37.